The Morgan fingerprint density at radius 1 is 1.30 bits per heavy atom. The van der Waals surface area contributed by atoms with Gasteiger partial charge in [0.1, 0.15) is 11.6 Å². The smallest absolute Gasteiger partial charge is 0.317 e. The molecule has 6 nitrogen and oxygen atoms in total. The summed E-state index contributed by atoms with van der Waals surface area (Å²) in [6, 6.07) is 3.64. The van der Waals surface area contributed by atoms with E-state index in [1.54, 1.807) is 11.8 Å². The maximum absolute atomic E-state index is 13.7. The Hall–Kier alpha value is -2.51. The molecule has 1 aromatic carbocycles. The normalized spacial score (nSPS) is 15.1. The van der Waals surface area contributed by atoms with Crippen molar-refractivity contribution < 1.29 is 18.1 Å². The molecule has 1 fully saturated rings. The number of urea groups is 1. The van der Waals surface area contributed by atoms with E-state index in [0.29, 0.717) is 55.7 Å². The van der Waals surface area contributed by atoms with Crippen molar-refractivity contribution in [2.45, 2.75) is 39.0 Å². The lowest BCUT2D eigenvalue weighted by molar-refractivity contribution is 0.168. The van der Waals surface area contributed by atoms with E-state index in [0.717, 1.165) is 25.3 Å². The predicted octanol–water partition coefficient (Wildman–Crippen LogP) is 3.25. The first-order chi connectivity index (χ1) is 13.0. The number of carbonyl (C=O) groups excluding carboxylic acids is 1. The molecule has 1 aliphatic rings. The summed E-state index contributed by atoms with van der Waals surface area (Å²) in [4.78, 5) is 18.1. The van der Waals surface area contributed by atoms with E-state index in [-0.39, 0.29) is 6.03 Å². The van der Waals surface area contributed by atoms with E-state index >= 15 is 0 Å². The van der Waals surface area contributed by atoms with Crippen molar-refractivity contribution in [2.24, 2.45) is 5.92 Å². The number of nitrogens with one attached hydrogen (secondary N) is 1. The fraction of sp³-hybridized carbons (Fsp3) is 0.526. The van der Waals surface area contributed by atoms with Crippen molar-refractivity contribution in [3.05, 3.63) is 47.1 Å². The standard InChI is InChI=1S/C19H24F2N4O2/c1-13-23-18(27-24-13)6-9-22-19(26)25-10-7-14(8-11-25)2-3-15-4-5-16(20)12-17(15)21/h4-5,12,14H,2-3,6-11H2,1H3,(H,22,26). The number of aromatic nitrogens is 2. The molecule has 0 radical (unpaired) electrons. The van der Waals surface area contributed by atoms with Crippen molar-refractivity contribution in [3.63, 3.8) is 0 Å². The van der Waals surface area contributed by atoms with E-state index < -0.39 is 11.6 Å². The molecule has 1 N–H and O–H groups in total. The number of hydrogen-bond acceptors (Lipinski definition) is 4. The SMILES string of the molecule is Cc1noc(CCNC(=O)N2CCC(CCc3ccc(F)cc3F)CC2)n1. The predicted molar refractivity (Wildman–Crippen MR) is 95.1 cm³/mol. The fourth-order valence-electron chi connectivity index (χ4n) is 3.34. The summed E-state index contributed by atoms with van der Waals surface area (Å²) in [5, 5.41) is 6.58. The number of piperidine rings is 1. The molecule has 2 heterocycles. The highest BCUT2D eigenvalue weighted by atomic mass is 19.1. The zero-order chi connectivity index (χ0) is 19.2. The molecule has 0 saturated carbocycles. The fourth-order valence-corrected chi connectivity index (χ4v) is 3.34. The lowest BCUT2D eigenvalue weighted by atomic mass is 9.90. The highest BCUT2D eigenvalue weighted by Gasteiger charge is 2.22. The largest absolute Gasteiger partial charge is 0.339 e. The van der Waals surface area contributed by atoms with Crippen LogP contribution in [0.15, 0.2) is 22.7 Å². The molecular weight excluding hydrogens is 354 g/mol. The number of nitrogens with zero attached hydrogens (tertiary/aromatic N) is 3. The van der Waals surface area contributed by atoms with Crippen molar-refractivity contribution in [1.82, 2.24) is 20.4 Å². The number of halogens is 2. The number of rotatable bonds is 6. The van der Waals surface area contributed by atoms with Crippen LogP contribution in [0.4, 0.5) is 13.6 Å². The van der Waals surface area contributed by atoms with Crippen LogP contribution < -0.4 is 5.32 Å². The summed E-state index contributed by atoms with van der Waals surface area (Å²) in [7, 11) is 0. The molecule has 0 bridgehead atoms. The Morgan fingerprint density at radius 3 is 2.74 bits per heavy atom. The Kier molecular flexibility index (Phi) is 6.36. The molecule has 27 heavy (non-hydrogen) atoms. The molecule has 1 aromatic heterocycles. The molecule has 3 rings (SSSR count). The minimum absolute atomic E-state index is 0.0886. The van der Waals surface area contributed by atoms with Gasteiger partial charge in [0.2, 0.25) is 5.89 Å². The molecule has 2 amide bonds. The number of amides is 2. The zero-order valence-electron chi connectivity index (χ0n) is 15.4. The van der Waals surface area contributed by atoms with Crippen LogP contribution in [0, 0.1) is 24.5 Å². The van der Waals surface area contributed by atoms with E-state index in [1.165, 1.54) is 12.1 Å². The van der Waals surface area contributed by atoms with Gasteiger partial charge in [-0.05, 0) is 50.2 Å². The van der Waals surface area contributed by atoms with Gasteiger partial charge in [-0.25, -0.2) is 13.6 Å². The average molecular weight is 378 g/mol. The monoisotopic (exact) mass is 378 g/mol. The molecule has 146 valence electrons. The number of likely N-dealkylation sites (tertiary alicyclic amines) is 1. The molecule has 0 unspecified atom stereocenters. The Bertz CT molecular complexity index is 773. The van der Waals surface area contributed by atoms with Crippen LogP contribution in [0.2, 0.25) is 0 Å². The Labute approximate surface area is 156 Å². The highest BCUT2D eigenvalue weighted by molar-refractivity contribution is 5.74. The van der Waals surface area contributed by atoms with Gasteiger partial charge < -0.3 is 14.7 Å². The summed E-state index contributed by atoms with van der Waals surface area (Å²) in [6.07, 6.45) is 3.71. The van der Waals surface area contributed by atoms with Crippen molar-refractivity contribution in [1.29, 1.82) is 0 Å². The van der Waals surface area contributed by atoms with Crippen molar-refractivity contribution >= 4 is 6.03 Å². The lowest BCUT2D eigenvalue weighted by Crippen LogP contribution is -2.45. The van der Waals surface area contributed by atoms with Gasteiger partial charge in [0.15, 0.2) is 5.82 Å². The molecular formula is C19H24F2N4O2. The van der Waals surface area contributed by atoms with Crippen LogP contribution in [0.1, 0.15) is 36.5 Å². The van der Waals surface area contributed by atoms with Gasteiger partial charge in [0, 0.05) is 32.1 Å². The minimum Gasteiger partial charge on any atom is -0.339 e. The second kappa shape index (κ2) is 8.92. The van der Waals surface area contributed by atoms with E-state index in [1.807, 2.05) is 0 Å². The molecule has 0 spiro atoms. The molecule has 2 aromatic rings. The van der Waals surface area contributed by atoms with Crippen LogP contribution in [-0.2, 0) is 12.8 Å². The molecule has 0 atom stereocenters. The average Bonchev–Trinajstić information content (AvgIpc) is 3.06. The molecule has 1 aliphatic heterocycles. The van der Waals surface area contributed by atoms with Crippen LogP contribution >= 0.6 is 0 Å². The second-order valence-electron chi connectivity index (χ2n) is 6.92. The number of carbonyl (C=O) groups is 1. The first kappa shape index (κ1) is 19.3. The summed E-state index contributed by atoms with van der Waals surface area (Å²) < 4.78 is 31.7. The number of hydrogen-bond donors (Lipinski definition) is 1. The zero-order valence-corrected chi connectivity index (χ0v) is 15.4. The molecule has 0 aliphatic carbocycles. The summed E-state index contributed by atoms with van der Waals surface area (Å²) in [5.74, 6) is 0.506. The Balaban J connectivity index is 1.36. The van der Waals surface area contributed by atoms with Crippen LogP contribution in [0.25, 0.3) is 0 Å². The quantitative estimate of drug-likeness (QED) is 0.838. The van der Waals surface area contributed by atoms with Crippen molar-refractivity contribution in [3.8, 4) is 0 Å². The van der Waals surface area contributed by atoms with Crippen LogP contribution in [-0.4, -0.2) is 40.7 Å². The highest BCUT2D eigenvalue weighted by Crippen LogP contribution is 2.23. The van der Waals surface area contributed by atoms with E-state index in [4.69, 9.17) is 4.52 Å². The van der Waals surface area contributed by atoms with Gasteiger partial charge >= 0.3 is 6.03 Å². The summed E-state index contributed by atoms with van der Waals surface area (Å²) in [6.45, 7) is 3.56. The summed E-state index contributed by atoms with van der Waals surface area (Å²) in [5.41, 5.74) is 0.549. The van der Waals surface area contributed by atoms with Crippen molar-refractivity contribution in [2.75, 3.05) is 19.6 Å². The molecule has 8 heteroatoms. The third-order valence-corrected chi connectivity index (χ3v) is 4.92. The van der Waals surface area contributed by atoms with Crippen LogP contribution in [0.3, 0.4) is 0 Å². The molecule has 1 saturated heterocycles. The third kappa shape index (κ3) is 5.48. The Morgan fingerprint density at radius 2 is 2.07 bits per heavy atom. The number of aryl methyl sites for hydroxylation is 2. The van der Waals surface area contributed by atoms with Gasteiger partial charge in [0.05, 0.1) is 0 Å². The third-order valence-electron chi connectivity index (χ3n) is 4.92. The first-order valence-corrected chi connectivity index (χ1v) is 9.27. The van der Waals surface area contributed by atoms with Gasteiger partial charge in [-0.15, -0.1) is 0 Å². The van der Waals surface area contributed by atoms with E-state index in [2.05, 4.69) is 15.5 Å². The van der Waals surface area contributed by atoms with Gasteiger partial charge in [-0.2, -0.15) is 4.98 Å². The van der Waals surface area contributed by atoms with Gasteiger partial charge in [-0.1, -0.05) is 11.2 Å². The van der Waals surface area contributed by atoms with E-state index in [9.17, 15) is 13.6 Å². The minimum atomic E-state index is -0.551. The number of benzene rings is 1. The van der Waals surface area contributed by atoms with Gasteiger partial charge in [0.25, 0.3) is 0 Å². The van der Waals surface area contributed by atoms with Gasteiger partial charge in [-0.3, -0.25) is 0 Å². The first-order valence-electron chi connectivity index (χ1n) is 9.27. The lowest BCUT2D eigenvalue weighted by Gasteiger charge is -2.32. The maximum atomic E-state index is 13.7. The second-order valence-corrected chi connectivity index (χ2v) is 6.92. The maximum Gasteiger partial charge on any atom is 0.317 e. The van der Waals surface area contributed by atoms with Crippen LogP contribution in [0.5, 0.6) is 0 Å². The summed E-state index contributed by atoms with van der Waals surface area (Å²) >= 11 is 0. The topological polar surface area (TPSA) is 71.3 Å².